The first-order chi connectivity index (χ1) is 8.99. The highest BCUT2D eigenvalue weighted by molar-refractivity contribution is 5.77. The summed E-state index contributed by atoms with van der Waals surface area (Å²) in [6.07, 6.45) is -0.779. The van der Waals surface area contributed by atoms with Gasteiger partial charge in [0, 0.05) is 24.7 Å². The van der Waals surface area contributed by atoms with E-state index in [4.69, 9.17) is 4.74 Å². The van der Waals surface area contributed by atoms with E-state index in [9.17, 15) is 14.3 Å². The molecule has 0 aliphatic carbocycles. The van der Waals surface area contributed by atoms with Gasteiger partial charge in [-0.1, -0.05) is 0 Å². The number of hydrogen-bond donors (Lipinski definition) is 1. The molecular weight excluding hydrogens is 249 g/mol. The third kappa shape index (κ3) is 4.21. The average molecular weight is 269 g/mol. The molecule has 5 heteroatoms. The molecule has 0 aromatic heterocycles. The standard InChI is InChI=1S/C14H20FNO3/c1-4-16(5-2)14(18)9-19-13-8-11(15)6-7-12(13)10(3)17/h6-8,10,17H,4-5,9H2,1-3H3. The lowest BCUT2D eigenvalue weighted by molar-refractivity contribution is -0.133. The van der Waals surface area contributed by atoms with Crippen molar-refractivity contribution in [1.82, 2.24) is 4.90 Å². The maximum absolute atomic E-state index is 13.2. The van der Waals surface area contributed by atoms with E-state index >= 15 is 0 Å². The maximum atomic E-state index is 13.2. The fraction of sp³-hybridized carbons (Fsp3) is 0.500. The Morgan fingerprint density at radius 2 is 2.05 bits per heavy atom. The summed E-state index contributed by atoms with van der Waals surface area (Å²) in [6, 6.07) is 3.88. The van der Waals surface area contributed by atoms with E-state index in [1.165, 1.54) is 18.2 Å². The predicted molar refractivity (Wildman–Crippen MR) is 70.5 cm³/mol. The van der Waals surface area contributed by atoms with Crippen molar-refractivity contribution in [2.45, 2.75) is 26.9 Å². The highest BCUT2D eigenvalue weighted by atomic mass is 19.1. The van der Waals surface area contributed by atoms with E-state index in [0.29, 0.717) is 18.7 Å². The highest BCUT2D eigenvalue weighted by Crippen LogP contribution is 2.25. The number of carbonyl (C=O) groups is 1. The van der Waals surface area contributed by atoms with Crippen LogP contribution in [0.3, 0.4) is 0 Å². The second-order valence-electron chi connectivity index (χ2n) is 4.21. The van der Waals surface area contributed by atoms with Gasteiger partial charge in [0.05, 0.1) is 6.10 Å². The van der Waals surface area contributed by atoms with E-state index in [-0.39, 0.29) is 18.3 Å². The van der Waals surface area contributed by atoms with Crippen LogP contribution in [0.25, 0.3) is 0 Å². The largest absolute Gasteiger partial charge is 0.483 e. The number of carbonyl (C=O) groups excluding carboxylic acids is 1. The van der Waals surface area contributed by atoms with Crippen molar-refractivity contribution in [3.05, 3.63) is 29.6 Å². The van der Waals surface area contributed by atoms with Crippen LogP contribution < -0.4 is 4.74 Å². The second-order valence-corrected chi connectivity index (χ2v) is 4.21. The van der Waals surface area contributed by atoms with Crippen molar-refractivity contribution in [2.75, 3.05) is 19.7 Å². The molecule has 0 saturated heterocycles. The Hall–Kier alpha value is -1.62. The molecule has 0 radical (unpaired) electrons. The smallest absolute Gasteiger partial charge is 0.260 e. The molecule has 0 aliphatic heterocycles. The molecule has 19 heavy (non-hydrogen) atoms. The number of halogens is 1. The number of ether oxygens (including phenoxy) is 1. The Balaban J connectivity index is 2.77. The molecule has 0 bridgehead atoms. The highest BCUT2D eigenvalue weighted by Gasteiger charge is 2.14. The number of hydrogen-bond acceptors (Lipinski definition) is 3. The van der Waals surface area contributed by atoms with Crippen LogP contribution in [0.2, 0.25) is 0 Å². The summed E-state index contributed by atoms with van der Waals surface area (Å²) < 4.78 is 18.5. The molecule has 1 aromatic rings. The zero-order valence-electron chi connectivity index (χ0n) is 11.5. The lowest BCUT2D eigenvalue weighted by Gasteiger charge is -2.19. The molecule has 106 valence electrons. The molecule has 1 aromatic carbocycles. The molecule has 1 unspecified atom stereocenters. The van der Waals surface area contributed by atoms with Crippen LogP contribution in [0.1, 0.15) is 32.4 Å². The SMILES string of the molecule is CCN(CC)C(=O)COc1cc(F)ccc1C(C)O. The molecule has 0 spiro atoms. The molecule has 1 amide bonds. The molecule has 1 atom stereocenters. The lowest BCUT2D eigenvalue weighted by atomic mass is 10.1. The Morgan fingerprint density at radius 3 is 2.58 bits per heavy atom. The minimum absolute atomic E-state index is 0.161. The normalized spacial score (nSPS) is 12.1. The van der Waals surface area contributed by atoms with Gasteiger partial charge in [-0.2, -0.15) is 0 Å². The number of aliphatic hydroxyl groups excluding tert-OH is 1. The Kier molecular flexibility index (Phi) is 5.76. The van der Waals surface area contributed by atoms with Gasteiger partial charge in [-0.3, -0.25) is 4.79 Å². The van der Waals surface area contributed by atoms with Crippen LogP contribution >= 0.6 is 0 Å². The van der Waals surface area contributed by atoms with Crippen molar-refractivity contribution in [3.8, 4) is 5.75 Å². The lowest BCUT2D eigenvalue weighted by Crippen LogP contribution is -2.34. The number of nitrogens with zero attached hydrogens (tertiary/aromatic N) is 1. The topological polar surface area (TPSA) is 49.8 Å². The first kappa shape index (κ1) is 15.4. The number of amides is 1. The van der Waals surface area contributed by atoms with E-state index < -0.39 is 11.9 Å². The minimum Gasteiger partial charge on any atom is -0.483 e. The van der Waals surface area contributed by atoms with Crippen molar-refractivity contribution >= 4 is 5.91 Å². The zero-order chi connectivity index (χ0) is 14.4. The number of likely N-dealkylation sites (N-methyl/N-ethyl adjacent to an activating group) is 1. The van der Waals surface area contributed by atoms with Gasteiger partial charge in [0.25, 0.3) is 5.91 Å². The second kappa shape index (κ2) is 7.09. The molecule has 0 aliphatic rings. The van der Waals surface area contributed by atoms with Gasteiger partial charge in [-0.15, -0.1) is 0 Å². The summed E-state index contributed by atoms with van der Waals surface area (Å²) in [5.74, 6) is -0.420. The van der Waals surface area contributed by atoms with E-state index in [1.54, 1.807) is 11.8 Å². The fourth-order valence-electron chi connectivity index (χ4n) is 1.79. The van der Waals surface area contributed by atoms with Gasteiger partial charge in [0.1, 0.15) is 11.6 Å². The van der Waals surface area contributed by atoms with Crippen LogP contribution in [-0.4, -0.2) is 35.6 Å². The van der Waals surface area contributed by atoms with Crippen LogP contribution in [0, 0.1) is 5.82 Å². The first-order valence-corrected chi connectivity index (χ1v) is 6.37. The monoisotopic (exact) mass is 269 g/mol. The molecule has 0 saturated carbocycles. The number of benzene rings is 1. The third-order valence-corrected chi connectivity index (χ3v) is 2.89. The minimum atomic E-state index is -0.779. The summed E-state index contributed by atoms with van der Waals surface area (Å²) in [7, 11) is 0. The molecule has 0 fully saturated rings. The van der Waals surface area contributed by atoms with Crippen LogP contribution in [0.5, 0.6) is 5.75 Å². The Bertz CT molecular complexity index is 431. The maximum Gasteiger partial charge on any atom is 0.260 e. The predicted octanol–water partition coefficient (Wildman–Crippen LogP) is 2.13. The molecule has 0 heterocycles. The summed E-state index contributed by atoms with van der Waals surface area (Å²) in [5.41, 5.74) is 0.466. The van der Waals surface area contributed by atoms with Gasteiger partial charge in [0.2, 0.25) is 0 Å². The van der Waals surface area contributed by atoms with Gasteiger partial charge in [0.15, 0.2) is 6.61 Å². The van der Waals surface area contributed by atoms with Crippen LogP contribution in [0.15, 0.2) is 18.2 Å². The number of rotatable bonds is 6. The average Bonchev–Trinajstić information content (AvgIpc) is 2.37. The first-order valence-electron chi connectivity index (χ1n) is 6.37. The Labute approximate surface area is 112 Å². The van der Waals surface area contributed by atoms with Crippen molar-refractivity contribution < 1.29 is 19.0 Å². The third-order valence-electron chi connectivity index (χ3n) is 2.89. The van der Waals surface area contributed by atoms with E-state index in [0.717, 1.165) is 0 Å². The van der Waals surface area contributed by atoms with Crippen molar-refractivity contribution in [1.29, 1.82) is 0 Å². The summed E-state index contributed by atoms with van der Waals surface area (Å²) in [4.78, 5) is 13.4. The zero-order valence-corrected chi connectivity index (χ0v) is 11.5. The van der Waals surface area contributed by atoms with Crippen LogP contribution in [-0.2, 0) is 4.79 Å². The van der Waals surface area contributed by atoms with E-state index in [1.807, 2.05) is 13.8 Å². The van der Waals surface area contributed by atoms with Gasteiger partial charge in [-0.05, 0) is 32.9 Å². The number of aliphatic hydroxyl groups is 1. The Morgan fingerprint density at radius 1 is 1.42 bits per heavy atom. The summed E-state index contributed by atoms with van der Waals surface area (Å²) in [5, 5.41) is 9.56. The van der Waals surface area contributed by atoms with Crippen LogP contribution in [0.4, 0.5) is 4.39 Å². The molecular formula is C14H20FNO3. The summed E-state index contributed by atoms with van der Waals surface area (Å²) >= 11 is 0. The van der Waals surface area contributed by atoms with Crippen molar-refractivity contribution in [2.24, 2.45) is 0 Å². The molecule has 4 nitrogen and oxygen atoms in total. The van der Waals surface area contributed by atoms with Gasteiger partial charge in [-0.25, -0.2) is 4.39 Å². The summed E-state index contributed by atoms with van der Waals surface area (Å²) in [6.45, 7) is 6.36. The molecule has 1 rings (SSSR count). The quantitative estimate of drug-likeness (QED) is 0.860. The fourth-order valence-corrected chi connectivity index (χ4v) is 1.79. The van der Waals surface area contributed by atoms with Gasteiger partial charge >= 0.3 is 0 Å². The van der Waals surface area contributed by atoms with Gasteiger partial charge < -0.3 is 14.7 Å². The molecule has 1 N–H and O–H groups in total. The van der Waals surface area contributed by atoms with Crippen molar-refractivity contribution in [3.63, 3.8) is 0 Å². The van der Waals surface area contributed by atoms with E-state index in [2.05, 4.69) is 0 Å².